The van der Waals surface area contributed by atoms with Crippen LogP contribution in [0.15, 0.2) is 18.3 Å². The van der Waals surface area contributed by atoms with E-state index in [-0.39, 0.29) is 24.0 Å². The molecule has 1 aliphatic heterocycles. The van der Waals surface area contributed by atoms with Gasteiger partial charge in [0.05, 0.1) is 0 Å². The molecule has 0 fully saturated rings. The van der Waals surface area contributed by atoms with E-state index in [4.69, 9.17) is 0 Å². The van der Waals surface area contributed by atoms with Crippen LogP contribution in [0.2, 0.25) is 0 Å². The van der Waals surface area contributed by atoms with Gasteiger partial charge in [0.25, 0.3) is 0 Å². The second kappa shape index (κ2) is 3.52. The summed E-state index contributed by atoms with van der Waals surface area (Å²) in [5.41, 5.74) is 2.86. The summed E-state index contributed by atoms with van der Waals surface area (Å²) in [4.78, 5) is 0. The van der Waals surface area contributed by atoms with E-state index in [0.29, 0.717) is 0 Å². The smallest absolute Gasteiger partial charge is 0.181 e. The molecular weight excluding hydrogens is 249 g/mol. The Bertz CT molecular complexity index is 258. The minimum atomic E-state index is 0. The highest BCUT2D eigenvalue weighted by Gasteiger charge is 2.16. The number of fused-ring (bicyclic) bond motifs is 1. The van der Waals surface area contributed by atoms with Crippen molar-refractivity contribution in [2.45, 2.75) is 26.3 Å². The summed E-state index contributed by atoms with van der Waals surface area (Å²) >= 11 is 0. The maximum absolute atomic E-state index is 2.36. The van der Waals surface area contributed by atoms with Crippen molar-refractivity contribution < 1.29 is 28.5 Å². The van der Waals surface area contributed by atoms with Gasteiger partial charge in [-0.2, -0.15) is 0 Å². The first-order valence-corrected chi connectivity index (χ1v) is 3.85. The normalized spacial score (nSPS) is 13.9. The first-order valence-electron chi connectivity index (χ1n) is 3.85. The molecule has 0 amide bonds. The van der Waals surface area contributed by atoms with Crippen molar-refractivity contribution in [3.8, 4) is 0 Å². The molecule has 1 aliphatic rings. The number of aromatic nitrogens is 1. The first-order chi connectivity index (χ1) is 4.86. The van der Waals surface area contributed by atoms with E-state index >= 15 is 0 Å². The maximum atomic E-state index is 2.36. The van der Waals surface area contributed by atoms with E-state index in [9.17, 15) is 0 Å². The number of aryl methyl sites for hydroxylation is 3. The molecule has 1 aromatic rings. The van der Waals surface area contributed by atoms with Crippen LogP contribution in [0.1, 0.15) is 17.7 Å². The maximum Gasteiger partial charge on any atom is 0.181 e. The Morgan fingerprint density at radius 2 is 2.18 bits per heavy atom. The Morgan fingerprint density at radius 1 is 1.36 bits per heavy atom. The average molecular weight is 261 g/mol. The molecule has 0 aromatic carbocycles. The van der Waals surface area contributed by atoms with Crippen LogP contribution in [0.5, 0.6) is 0 Å². The zero-order chi connectivity index (χ0) is 6.97. The van der Waals surface area contributed by atoms with Crippen LogP contribution < -0.4 is 28.5 Å². The summed E-state index contributed by atoms with van der Waals surface area (Å²) in [7, 11) is 0. The lowest BCUT2D eigenvalue weighted by molar-refractivity contribution is -0.691. The molecule has 11 heavy (non-hydrogen) atoms. The van der Waals surface area contributed by atoms with Crippen LogP contribution in [-0.2, 0) is 13.0 Å². The van der Waals surface area contributed by atoms with Gasteiger partial charge in [-0.25, -0.2) is 4.57 Å². The lowest BCUT2D eigenvalue weighted by atomic mass is 10.2. The molecule has 1 aromatic heterocycles. The third-order valence-corrected chi connectivity index (χ3v) is 2.10. The molecule has 2 rings (SSSR count). The molecule has 0 aliphatic carbocycles. The van der Waals surface area contributed by atoms with Crippen LogP contribution in [0.3, 0.4) is 0 Å². The van der Waals surface area contributed by atoms with Gasteiger partial charge in [0, 0.05) is 24.5 Å². The predicted molar refractivity (Wildman–Crippen MR) is 39.7 cm³/mol. The Morgan fingerprint density at radius 3 is 3.00 bits per heavy atom. The highest BCUT2D eigenvalue weighted by molar-refractivity contribution is 5.08. The van der Waals surface area contributed by atoms with Gasteiger partial charge in [-0.15, -0.1) is 0 Å². The molecule has 0 saturated carbocycles. The fraction of sp³-hybridized carbons (Fsp3) is 0.444. The molecule has 0 bridgehead atoms. The third kappa shape index (κ3) is 1.72. The summed E-state index contributed by atoms with van der Waals surface area (Å²) in [6.45, 7) is 3.36. The standard InChI is InChI=1S/C9H12N.HI/c1-8-4-5-9-3-2-6-10(9)7-8;/h4-5,7H,2-3,6H2,1H3;1H/q+1;/p-1. The summed E-state index contributed by atoms with van der Waals surface area (Å²) in [5, 5.41) is 0. The van der Waals surface area contributed by atoms with Crippen molar-refractivity contribution in [1.29, 1.82) is 0 Å². The van der Waals surface area contributed by atoms with Gasteiger partial charge < -0.3 is 24.0 Å². The third-order valence-electron chi connectivity index (χ3n) is 2.10. The van der Waals surface area contributed by atoms with Crippen molar-refractivity contribution in [2.24, 2.45) is 0 Å². The van der Waals surface area contributed by atoms with Gasteiger partial charge in [0.15, 0.2) is 11.9 Å². The van der Waals surface area contributed by atoms with Crippen LogP contribution in [0.4, 0.5) is 0 Å². The zero-order valence-corrected chi connectivity index (χ0v) is 8.84. The number of hydrogen-bond acceptors (Lipinski definition) is 0. The summed E-state index contributed by atoms with van der Waals surface area (Å²) < 4.78 is 2.36. The van der Waals surface area contributed by atoms with Crippen LogP contribution in [0, 0.1) is 6.92 Å². The average Bonchev–Trinajstić information content (AvgIpc) is 2.33. The molecule has 0 radical (unpaired) electrons. The molecular formula is C9H12IN. The fourth-order valence-corrected chi connectivity index (χ4v) is 1.56. The quantitative estimate of drug-likeness (QED) is 0.384. The molecule has 0 spiro atoms. The van der Waals surface area contributed by atoms with Crippen molar-refractivity contribution in [1.82, 2.24) is 0 Å². The number of rotatable bonds is 0. The van der Waals surface area contributed by atoms with E-state index in [1.807, 2.05) is 0 Å². The summed E-state index contributed by atoms with van der Waals surface area (Å²) in [5.74, 6) is 0. The topological polar surface area (TPSA) is 3.88 Å². The van der Waals surface area contributed by atoms with Crippen LogP contribution >= 0.6 is 0 Å². The Balaban J connectivity index is 0.000000605. The molecule has 0 saturated heterocycles. The summed E-state index contributed by atoms with van der Waals surface area (Å²) in [6.07, 6.45) is 4.83. The fourth-order valence-electron chi connectivity index (χ4n) is 1.56. The van der Waals surface area contributed by atoms with Gasteiger partial charge in [-0.3, -0.25) is 0 Å². The largest absolute Gasteiger partial charge is 1.00 e. The molecule has 1 nitrogen and oxygen atoms in total. The van der Waals surface area contributed by atoms with Gasteiger partial charge in [0.1, 0.15) is 6.54 Å². The molecule has 0 atom stereocenters. The van der Waals surface area contributed by atoms with Gasteiger partial charge in [0.2, 0.25) is 0 Å². The molecule has 0 N–H and O–H groups in total. The lowest BCUT2D eigenvalue weighted by Crippen LogP contribution is -3.00. The second-order valence-corrected chi connectivity index (χ2v) is 2.99. The molecule has 60 valence electrons. The van der Waals surface area contributed by atoms with Crippen molar-refractivity contribution in [3.63, 3.8) is 0 Å². The van der Waals surface area contributed by atoms with Gasteiger partial charge in [-0.1, -0.05) is 0 Å². The Kier molecular flexibility index (Phi) is 2.87. The van der Waals surface area contributed by atoms with E-state index in [0.717, 1.165) is 0 Å². The van der Waals surface area contributed by atoms with Crippen molar-refractivity contribution >= 4 is 0 Å². The number of halogens is 1. The van der Waals surface area contributed by atoms with Crippen LogP contribution in [0.25, 0.3) is 0 Å². The number of pyridine rings is 1. The van der Waals surface area contributed by atoms with Crippen molar-refractivity contribution in [3.05, 3.63) is 29.6 Å². The first kappa shape index (κ1) is 8.97. The Hall–Kier alpha value is -0.120. The van der Waals surface area contributed by atoms with Gasteiger partial charge in [-0.05, 0) is 13.0 Å². The monoisotopic (exact) mass is 261 g/mol. The van der Waals surface area contributed by atoms with Gasteiger partial charge >= 0.3 is 0 Å². The molecule has 0 unspecified atom stereocenters. The molecule has 2 heterocycles. The minimum Gasteiger partial charge on any atom is -1.00 e. The predicted octanol–water partition coefficient (Wildman–Crippen LogP) is -1.77. The van der Waals surface area contributed by atoms with Crippen molar-refractivity contribution in [2.75, 3.05) is 0 Å². The summed E-state index contributed by atoms with van der Waals surface area (Å²) in [6, 6.07) is 4.43. The van der Waals surface area contributed by atoms with E-state index in [1.54, 1.807) is 0 Å². The highest BCUT2D eigenvalue weighted by Crippen LogP contribution is 2.06. The molecule has 2 heteroatoms. The number of hydrogen-bond donors (Lipinski definition) is 0. The zero-order valence-electron chi connectivity index (χ0n) is 6.68. The lowest BCUT2D eigenvalue weighted by Gasteiger charge is -1.92. The highest BCUT2D eigenvalue weighted by atomic mass is 127. The van der Waals surface area contributed by atoms with E-state index in [2.05, 4.69) is 29.8 Å². The SMILES string of the molecule is Cc1ccc2[n+](c1)CCC2.[I-]. The van der Waals surface area contributed by atoms with E-state index < -0.39 is 0 Å². The number of nitrogens with zero attached hydrogens (tertiary/aromatic N) is 1. The second-order valence-electron chi connectivity index (χ2n) is 2.99. The van der Waals surface area contributed by atoms with E-state index in [1.165, 1.54) is 30.6 Å². The Labute approximate surface area is 84.5 Å². The minimum absolute atomic E-state index is 0. The van der Waals surface area contributed by atoms with Crippen LogP contribution in [-0.4, -0.2) is 0 Å².